The first-order valence-electron chi connectivity index (χ1n) is 6.81. The van der Waals surface area contributed by atoms with Gasteiger partial charge >= 0.3 is 0 Å². The highest BCUT2D eigenvalue weighted by Gasteiger charge is 2.19. The molecule has 3 aromatic rings. The van der Waals surface area contributed by atoms with E-state index in [9.17, 15) is 4.79 Å². The molecule has 0 aliphatic carbocycles. The Morgan fingerprint density at radius 3 is 2.82 bits per heavy atom. The molecule has 0 aliphatic rings. The maximum Gasteiger partial charge on any atom is 0.263 e. The highest BCUT2D eigenvalue weighted by atomic mass is 79.9. The van der Waals surface area contributed by atoms with Crippen LogP contribution < -0.4 is 10.9 Å². The summed E-state index contributed by atoms with van der Waals surface area (Å²) in [7, 11) is 0. The van der Waals surface area contributed by atoms with Gasteiger partial charge in [0.2, 0.25) is 5.95 Å². The van der Waals surface area contributed by atoms with Gasteiger partial charge in [0.05, 0.1) is 22.1 Å². The second-order valence-corrected chi connectivity index (χ2v) is 8.49. The van der Waals surface area contributed by atoms with Crippen LogP contribution in [0.2, 0.25) is 0 Å². The van der Waals surface area contributed by atoms with Gasteiger partial charge in [-0.25, -0.2) is 4.68 Å². The molecule has 0 aliphatic heterocycles. The van der Waals surface area contributed by atoms with Gasteiger partial charge in [0.15, 0.2) is 5.65 Å². The molecule has 0 unspecified atom stereocenters. The van der Waals surface area contributed by atoms with Crippen molar-refractivity contribution < 1.29 is 0 Å². The molecule has 0 spiro atoms. The molecule has 0 saturated carbocycles. The Kier molecular flexibility index (Phi) is 3.82. The zero-order chi connectivity index (χ0) is 15.9. The van der Waals surface area contributed by atoms with Crippen LogP contribution in [0.4, 0.5) is 5.95 Å². The summed E-state index contributed by atoms with van der Waals surface area (Å²) in [5.74, 6) is 0.452. The number of H-pyrrole nitrogens is 1. The molecule has 8 heteroatoms. The lowest BCUT2D eigenvalue weighted by Gasteiger charge is -2.19. The molecule has 0 aromatic carbocycles. The SMILES string of the molecule is CC(C)(C)n1ncc2c(=O)[nH]c(NCc3ccc(Br)s3)nc21. The van der Waals surface area contributed by atoms with Crippen LogP contribution in [-0.4, -0.2) is 19.7 Å². The fourth-order valence-corrected chi connectivity index (χ4v) is 3.53. The van der Waals surface area contributed by atoms with E-state index in [2.05, 4.69) is 36.3 Å². The minimum absolute atomic E-state index is 0.185. The molecule has 0 atom stereocenters. The summed E-state index contributed by atoms with van der Waals surface area (Å²) in [5, 5.41) is 7.95. The Morgan fingerprint density at radius 1 is 1.41 bits per heavy atom. The summed E-state index contributed by atoms with van der Waals surface area (Å²) in [5.41, 5.74) is 0.166. The van der Waals surface area contributed by atoms with E-state index < -0.39 is 0 Å². The van der Waals surface area contributed by atoms with Crippen molar-refractivity contribution in [2.75, 3.05) is 5.32 Å². The zero-order valence-corrected chi connectivity index (χ0v) is 14.9. The molecule has 0 bridgehead atoms. The van der Waals surface area contributed by atoms with Crippen LogP contribution in [0.1, 0.15) is 25.6 Å². The van der Waals surface area contributed by atoms with Crippen LogP contribution >= 0.6 is 27.3 Å². The lowest BCUT2D eigenvalue weighted by Crippen LogP contribution is -2.24. The number of nitrogens with one attached hydrogen (secondary N) is 2. The molecule has 116 valence electrons. The number of hydrogen-bond donors (Lipinski definition) is 2. The Balaban J connectivity index is 1.95. The smallest absolute Gasteiger partial charge is 0.263 e. The monoisotopic (exact) mass is 381 g/mol. The Labute approximate surface area is 139 Å². The van der Waals surface area contributed by atoms with Gasteiger partial charge in [0, 0.05) is 4.88 Å². The summed E-state index contributed by atoms with van der Waals surface area (Å²) in [6.45, 7) is 6.68. The van der Waals surface area contributed by atoms with Crippen molar-refractivity contribution in [2.24, 2.45) is 0 Å². The summed E-state index contributed by atoms with van der Waals surface area (Å²) in [6.07, 6.45) is 1.56. The van der Waals surface area contributed by atoms with Crippen LogP contribution in [0.25, 0.3) is 11.0 Å². The van der Waals surface area contributed by atoms with Crippen molar-refractivity contribution in [3.8, 4) is 0 Å². The van der Waals surface area contributed by atoms with Gasteiger partial charge < -0.3 is 5.32 Å². The van der Waals surface area contributed by atoms with Crippen LogP contribution in [0.5, 0.6) is 0 Å². The topological polar surface area (TPSA) is 75.6 Å². The third-order valence-corrected chi connectivity index (χ3v) is 4.76. The van der Waals surface area contributed by atoms with Crippen molar-refractivity contribution in [3.05, 3.63) is 37.3 Å². The average molecular weight is 382 g/mol. The predicted octanol–water partition coefficient (Wildman–Crippen LogP) is 3.31. The molecule has 3 heterocycles. The zero-order valence-electron chi connectivity index (χ0n) is 12.5. The van der Waals surface area contributed by atoms with E-state index in [0.717, 1.165) is 8.66 Å². The van der Waals surface area contributed by atoms with Gasteiger partial charge in [-0.3, -0.25) is 9.78 Å². The first-order chi connectivity index (χ1) is 10.3. The normalized spacial score (nSPS) is 12.0. The average Bonchev–Trinajstić information content (AvgIpc) is 3.02. The van der Waals surface area contributed by atoms with E-state index in [1.165, 1.54) is 0 Å². The van der Waals surface area contributed by atoms with Gasteiger partial charge in [-0.2, -0.15) is 10.1 Å². The number of nitrogens with zero attached hydrogens (tertiary/aromatic N) is 3. The maximum absolute atomic E-state index is 12.2. The number of thiophene rings is 1. The Morgan fingerprint density at radius 2 is 2.18 bits per heavy atom. The van der Waals surface area contributed by atoms with Crippen molar-refractivity contribution >= 4 is 44.2 Å². The van der Waals surface area contributed by atoms with Crippen molar-refractivity contribution in [1.29, 1.82) is 0 Å². The predicted molar refractivity (Wildman–Crippen MR) is 92.5 cm³/mol. The number of aromatic amines is 1. The van der Waals surface area contributed by atoms with Gasteiger partial charge in [-0.15, -0.1) is 11.3 Å². The fraction of sp³-hybridized carbons (Fsp3) is 0.357. The number of anilines is 1. The molecular formula is C14H16BrN5OS. The quantitative estimate of drug-likeness (QED) is 0.729. The van der Waals surface area contributed by atoms with Gasteiger partial charge in [0.1, 0.15) is 5.39 Å². The van der Waals surface area contributed by atoms with Gasteiger partial charge in [-0.05, 0) is 48.8 Å². The lowest BCUT2D eigenvalue weighted by atomic mass is 10.1. The Bertz CT molecular complexity index is 873. The molecule has 0 saturated heterocycles. The van der Waals surface area contributed by atoms with Crippen LogP contribution in [0.15, 0.2) is 26.9 Å². The summed E-state index contributed by atoms with van der Waals surface area (Å²) in [6, 6.07) is 4.02. The minimum atomic E-state index is -0.238. The molecule has 0 amide bonds. The molecular weight excluding hydrogens is 366 g/mol. The molecule has 6 nitrogen and oxygen atoms in total. The standard InChI is InChI=1S/C14H16BrN5OS/c1-14(2,3)20-11-9(7-17-20)12(21)19-13(18-11)16-6-8-4-5-10(15)22-8/h4-5,7H,6H2,1-3H3,(H2,16,18,19,21). The minimum Gasteiger partial charge on any atom is -0.351 e. The number of halogens is 1. The van der Waals surface area contributed by atoms with Crippen LogP contribution in [-0.2, 0) is 12.1 Å². The number of rotatable bonds is 3. The fourth-order valence-electron chi connectivity index (χ4n) is 2.11. The largest absolute Gasteiger partial charge is 0.351 e. The maximum atomic E-state index is 12.2. The van der Waals surface area contributed by atoms with E-state index in [0.29, 0.717) is 23.5 Å². The number of fused-ring (bicyclic) bond motifs is 1. The third kappa shape index (κ3) is 2.93. The Hall–Kier alpha value is -1.67. The lowest BCUT2D eigenvalue weighted by molar-refractivity contribution is 0.366. The summed E-state index contributed by atoms with van der Waals surface area (Å²) in [4.78, 5) is 20.6. The molecule has 2 N–H and O–H groups in total. The van der Waals surface area contributed by atoms with Gasteiger partial charge in [0.25, 0.3) is 5.56 Å². The van der Waals surface area contributed by atoms with Crippen molar-refractivity contribution in [1.82, 2.24) is 19.7 Å². The van der Waals surface area contributed by atoms with E-state index >= 15 is 0 Å². The number of hydrogen-bond acceptors (Lipinski definition) is 5. The van der Waals surface area contributed by atoms with E-state index in [4.69, 9.17) is 0 Å². The van der Waals surface area contributed by atoms with E-state index in [1.54, 1.807) is 22.2 Å². The molecule has 3 aromatic heterocycles. The van der Waals surface area contributed by atoms with Gasteiger partial charge in [-0.1, -0.05) is 0 Å². The third-order valence-electron chi connectivity index (χ3n) is 3.13. The molecule has 0 radical (unpaired) electrons. The first-order valence-corrected chi connectivity index (χ1v) is 8.42. The van der Waals surface area contributed by atoms with Crippen LogP contribution in [0, 0.1) is 0 Å². The second-order valence-electron chi connectivity index (χ2n) is 5.94. The van der Waals surface area contributed by atoms with E-state index in [1.807, 2.05) is 32.9 Å². The van der Waals surface area contributed by atoms with Crippen LogP contribution in [0.3, 0.4) is 0 Å². The molecule has 0 fully saturated rings. The highest BCUT2D eigenvalue weighted by molar-refractivity contribution is 9.11. The highest BCUT2D eigenvalue weighted by Crippen LogP contribution is 2.23. The molecule has 22 heavy (non-hydrogen) atoms. The molecule has 3 rings (SSSR count). The van der Waals surface area contributed by atoms with E-state index in [-0.39, 0.29) is 11.1 Å². The van der Waals surface area contributed by atoms with Crippen molar-refractivity contribution in [2.45, 2.75) is 32.9 Å². The number of aromatic nitrogens is 4. The summed E-state index contributed by atoms with van der Waals surface area (Å²) < 4.78 is 2.84. The second kappa shape index (κ2) is 5.51. The first kappa shape index (κ1) is 15.2. The summed E-state index contributed by atoms with van der Waals surface area (Å²) >= 11 is 5.08. The van der Waals surface area contributed by atoms with Crippen molar-refractivity contribution in [3.63, 3.8) is 0 Å².